The van der Waals surface area contributed by atoms with Crippen LogP contribution < -0.4 is 30.7 Å². The van der Waals surface area contributed by atoms with Gasteiger partial charge in [-0.15, -0.1) is 0 Å². The van der Waals surface area contributed by atoms with Gasteiger partial charge in [-0.05, 0) is 24.6 Å². The number of hydrogen-bond acceptors (Lipinski definition) is 9. The third-order valence-electron chi connectivity index (χ3n) is 6.19. The van der Waals surface area contributed by atoms with Gasteiger partial charge in [0.2, 0.25) is 5.88 Å². The van der Waals surface area contributed by atoms with Gasteiger partial charge in [0.25, 0.3) is 0 Å². The number of hydrogen-bond donors (Lipinski definition) is 3. The molecule has 10 heteroatoms. The van der Waals surface area contributed by atoms with Crippen molar-refractivity contribution in [3.05, 3.63) is 49.1 Å². The first-order valence-corrected chi connectivity index (χ1v) is 11.3. The Morgan fingerprint density at radius 2 is 2.21 bits per heavy atom. The highest BCUT2D eigenvalue weighted by Gasteiger charge is 2.22. The summed E-state index contributed by atoms with van der Waals surface area (Å²) < 4.78 is 13.3. The Hall–Kier alpha value is -4.05. The highest BCUT2D eigenvalue weighted by atomic mass is 16.5. The lowest BCUT2D eigenvalue weighted by molar-refractivity contribution is 0.310. The zero-order valence-corrected chi connectivity index (χ0v) is 18.9. The second-order valence-electron chi connectivity index (χ2n) is 8.49. The lowest BCUT2D eigenvalue weighted by Gasteiger charge is -2.21. The molecule has 0 spiro atoms. The van der Waals surface area contributed by atoms with E-state index in [1.54, 1.807) is 19.5 Å². The van der Waals surface area contributed by atoms with E-state index in [2.05, 4.69) is 31.6 Å². The number of imidazole rings is 1. The number of methoxy groups -OCH3 is 1. The van der Waals surface area contributed by atoms with E-state index >= 15 is 0 Å². The number of anilines is 4. The van der Waals surface area contributed by atoms with Crippen molar-refractivity contribution < 1.29 is 9.47 Å². The molecule has 2 aliphatic rings. The number of nitrogens with two attached hydrogens (primary N) is 1. The van der Waals surface area contributed by atoms with Gasteiger partial charge in [-0.1, -0.05) is 0 Å². The largest absolute Gasteiger partial charge is 0.495 e. The lowest BCUT2D eigenvalue weighted by atomic mass is 10.2. The minimum absolute atomic E-state index is 0.197. The van der Waals surface area contributed by atoms with Crippen molar-refractivity contribution in [3.8, 4) is 22.9 Å². The van der Waals surface area contributed by atoms with Crippen LogP contribution in [0, 0.1) is 0 Å². The lowest BCUT2D eigenvalue weighted by Crippen LogP contribution is -2.26. The summed E-state index contributed by atoms with van der Waals surface area (Å²) in [4.78, 5) is 16.1. The summed E-state index contributed by atoms with van der Waals surface area (Å²) in [5, 5.41) is 6.76. The van der Waals surface area contributed by atoms with E-state index < -0.39 is 0 Å². The summed E-state index contributed by atoms with van der Waals surface area (Å²) in [6.07, 6.45) is 8.36. The van der Waals surface area contributed by atoms with Crippen LogP contribution in [0.2, 0.25) is 0 Å². The van der Waals surface area contributed by atoms with E-state index in [1.807, 2.05) is 35.0 Å². The number of fused-ring (bicyclic) bond motifs is 2. The minimum Gasteiger partial charge on any atom is -0.495 e. The Morgan fingerprint density at radius 1 is 1.26 bits per heavy atom. The predicted molar refractivity (Wildman–Crippen MR) is 131 cm³/mol. The second kappa shape index (κ2) is 8.38. The van der Waals surface area contributed by atoms with E-state index in [9.17, 15) is 0 Å². The molecule has 0 unspecified atom stereocenters. The fourth-order valence-corrected chi connectivity index (χ4v) is 4.48. The van der Waals surface area contributed by atoms with E-state index in [4.69, 9.17) is 20.2 Å². The van der Waals surface area contributed by atoms with Crippen molar-refractivity contribution in [2.24, 2.45) is 5.73 Å². The fourth-order valence-electron chi connectivity index (χ4n) is 4.48. The molecule has 1 fully saturated rings. The molecule has 174 valence electrons. The van der Waals surface area contributed by atoms with Gasteiger partial charge in [0.15, 0.2) is 11.5 Å². The maximum absolute atomic E-state index is 6.10. The van der Waals surface area contributed by atoms with Gasteiger partial charge in [-0.3, -0.25) is 0 Å². The van der Waals surface area contributed by atoms with E-state index in [0.29, 0.717) is 18.3 Å². The van der Waals surface area contributed by atoms with Crippen molar-refractivity contribution in [2.75, 3.05) is 48.9 Å². The average Bonchev–Trinajstić information content (AvgIpc) is 3.52. The van der Waals surface area contributed by atoms with Crippen LogP contribution in [0.5, 0.6) is 11.6 Å². The van der Waals surface area contributed by atoms with Gasteiger partial charge >= 0.3 is 0 Å². The zero-order valence-electron chi connectivity index (χ0n) is 18.9. The number of aromatic nitrogens is 4. The number of benzene rings is 1. The first-order chi connectivity index (χ1) is 16.7. The first kappa shape index (κ1) is 20.5. The monoisotopic (exact) mass is 458 g/mol. The van der Waals surface area contributed by atoms with E-state index in [0.717, 1.165) is 65.8 Å². The summed E-state index contributed by atoms with van der Waals surface area (Å²) in [7, 11) is 1.69. The van der Waals surface area contributed by atoms with Gasteiger partial charge < -0.3 is 35.1 Å². The molecule has 1 atom stereocenters. The Morgan fingerprint density at radius 3 is 3.06 bits per heavy atom. The van der Waals surface area contributed by atoms with Gasteiger partial charge in [0.05, 0.1) is 24.2 Å². The summed E-state index contributed by atoms with van der Waals surface area (Å²) in [6.45, 7) is 3.12. The number of nitrogens with zero attached hydrogens (tertiary/aromatic N) is 5. The predicted octanol–water partition coefficient (Wildman–Crippen LogP) is 2.89. The van der Waals surface area contributed by atoms with Crippen LogP contribution in [0.3, 0.4) is 0 Å². The van der Waals surface area contributed by atoms with Gasteiger partial charge in [-0.2, -0.15) is 0 Å². The van der Waals surface area contributed by atoms with Crippen LogP contribution in [0.25, 0.3) is 16.9 Å². The van der Waals surface area contributed by atoms with Crippen molar-refractivity contribution >= 4 is 28.5 Å². The third-order valence-corrected chi connectivity index (χ3v) is 6.19. The molecule has 1 aromatic carbocycles. The molecule has 4 N–H and O–H groups in total. The molecule has 34 heavy (non-hydrogen) atoms. The summed E-state index contributed by atoms with van der Waals surface area (Å²) in [6, 6.07) is 8.27. The standard InChI is InChI=1S/C24H26N8O2/c1-33-21-11-17(2-3-20(21)31-7-4-16(25)13-31)29-22-23-27-5-8-32(23)14-19(30-22)15-10-18-24(28-12-15)34-9-6-26-18/h2-3,5,8,10-12,14,16,26H,4,6-7,9,13,25H2,1H3,(H,29,30)/t16-/m1/s1. The number of ether oxygens (including phenoxy) is 2. The molecule has 0 aliphatic carbocycles. The minimum atomic E-state index is 0.197. The molecule has 4 aromatic rings. The van der Waals surface area contributed by atoms with Crippen molar-refractivity contribution in [1.29, 1.82) is 0 Å². The van der Waals surface area contributed by atoms with Crippen molar-refractivity contribution in [3.63, 3.8) is 0 Å². The SMILES string of the molecule is COc1cc(Nc2nc(-c3cnc4c(c3)NCCO4)cn3ccnc23)ccc1N1CC[C@@H](N)C1. The van der Waals surface area contributed by atoms with Crippen molar-refractivity contribution in [2.45, 2.75) is 12.5 Å². The van der Waals surface area contributed by atoms with Crippen LogP contribution >= 0.6 is 0 Å². The topological polar surface area (TPSA) is 115 Å². The number of rotatable bonds is 5. The summed E-state index contributed by atoms with van der Waals surface area (Å²) in [5.74, 6) is 2.05. The van der Waals surface area contributed by atoms with Crippen LogP contribution in [-0.4, -0.2) is 58.7 Å². The van der Waals surface area contributed by atoms with Crippen LogP contribution in [-0.2, 0) is 0 Å². The zero-order chi connectivity index (χ0) is 23.1. The smallest absolute Gasteiger partial charge is 0.237 e. The average molecular weight is 459 g/mol. The van der Waals surface area contributed by atoms with Gasteiger partial charge in [0, 0.05) is 67.8 Å². The Kier molecular flexibility index (Phi) is 5.06. The highest BCUT2D eigenvalue weighted by molar-refractivity contribution is 5.77. The number of nitrogens with one attached hydrogen (secondary N) is 2. The molecule has 1 saturated heterocycles. The molecular formula is C24H26N8O2. The molecule has 5 heterocycles. The Bertz CT molecular complexity index is 1350. The first-order valence-electron chi connectivity index (χ1n) is 11.3. The molecule has 0 amide bonds. The molecule has 10 nitrogen and oxygen atoms in total. The second-order valence-corrected chi connectivity index (χ2v) is 8.49. The summed E-state index contributed by atoms with van der Waals surface area (Å²) >= 11 is 0. The normalized spacial score (nSPS) is 17.2. The molecule has 0 radical (unpaired) electrons. The number of pyridine rings is 1. The van der Waals surface area contributed by atoms with Gasteiger partial charge in [0.1, 0.15) is 12.4 Å². The van der Waals surface area contributed by atoms with E-state index in [1.165, 1.54) is 0 Å². The molecular weight excluding hydrogens is 432 g/mol. The molecule has 3 aromatic heterocycles. The van der Waals surface area contributed by atoms with E-state index in [-0.39, 0.29) is 6.04 Å². The molecule has 0 bridgehead atoms. The van der Waals surface area contributed by atoms with Gasteiger partial charge in [-0.25, -0.2) is 15.0 Å². The van der Waals surface area contributed by atoms with Crippen LogP contribution in [0.1, 0.15) is 6.42 Å². The van der Waals surface area contributed by atoms with Crippen molar-refractivity contribution in [1.82, 2.24) is 19.4 Å². The van der Waals surface area contributed by atoms with Crippen LogP contribution in [0.15, 0.2) is 49.1 Å². The Balaban J connectivity index is 1.35. The highest BCUT2D eigenvalue weighted by Crippen LogP contribution is 2.35. The molecule has 6 rings (SSSR count). The maximum atomic E-state index is 6.10. The molecule has 2 aliphatic heterocycles. The maximum Gasteiger partial charge on any atom is 0.237 e. The van der Waals surface area contributed by atoms with Crippen LogP contribution in [0.4, 0.5) is 22.9 Å². The fraction of sp³-hybridized carbons (Fsp3) is 0.292. The third kappa shape index (κ3) is 3.71. The Labute approximate surface area is 196 Å². The quantitative estimate of drug-likeness (QED) is 0.415. The molecule has 0 saturated carbocycles. The summed E-state index contributed by atoms with van der Waals surface area (Å²) in [5.41, 5.74) is 11.3.